The third-order valence-corrected chi connectivity index (χ3v) is 7.37. The minimum absolute atomic E-state index is 0.0231. The van der Waals surface area contributed by atoms with Gasteiger partial charge in [0.05, 0.1) is 20.3 Å². The normalized spacial score (nSPS) is 13.5. The standard InChI is InChI=1S/C35H38N2O4/c1-39-34-25-29(13-18-33(34)41-27-28-9-4-2-5-10-28)26-37(20-8-19-36-21-23-40-24-22-36)35(38)32-16-14-31(15-17-32)30-11-6-3-7-12-30/h2-7,9-18,25H,8,19-24,26-27H2,1H3. The lowest BCUT2D eigenvalue weighted by Gasteiger charge is -2.28. The summed E-state index contributed by atoms with van der Waals surface area (Å²) in [6, 6.07) is 34.1. The van der Waals surface area contributed by atoms with Crippen molar-refractivity contribution < 1.29 is 19.0 Å². The molecule has 1 fully saturated rings. The summed E-state index contributed by atoms with van der Waals surface area (Å²) >= 11 is 0. The number of morpholine rings is 1. The first kappa shape index (κ1) is 28.4. The van der Waals surface area contributed by atoms with Crippen LogP contribution in [0.2, 0.25) is 0 Å². The Morgan fingerprint density at radius 3 is 2.20 bits per heavy atom. The fourth-order valence-electron chi connectivity index (χ4n) is 5.07. The van der Waals surface area contributed by atoms with Gasteiger partial charge in [-0.05, 0) is 52.9 Å². The fourth-order valence-corrected chi connectivity index (χ4v) is 5.07. The highest BCUT2D eigenvalue weighted by Crippen LogP contribution is 2.30. The number of carbonyl (C=O) groups is 1. The predicted octanol–water partition coefficient (Wildman–Crippen LogP) is 6.31. The molecule has 212 valence electrons. The van der Waals surface area contributed by atoms with Crippen LogP contribution in [0.5, 0.6) is 11.5 Å². The molecule has 6 heteroatoms. The maximum atomic E-state index is 13.8. The molecule has 0 radical (unpaired) electrons. The Morgan fingerprint density at radius 2 is 1.49 bits per heavy atom. The fraction of sp³-hybridized carbons (Fsp3) is 0.286. The summed E-state index contributed by atoms with van der Waals surface area (Å²) in [7, 11) is 1.65. The van der Waals surface area contributed by atoms with Gasteiger partial charge in [0.1, 0.15) is 6.61 Å². The topological polar surface area (TPSA) is 51.2 Å². The third-order valence-electron chi connectivity index (χ3n) is 7.37. The summed E-state index contributed by atoms with van der Waals surface area (Å²) in [5.41, 5.74) is 5.00. The van der Waals surface area contributed by atoms with E-state index in [1.807, 2.05) is 95.9 Å². The van der Waals surface area contributed by atoms with Gasteiger partial charge >= 0.3 is 0 Å². The van der Waals surface area contributed by atoms with Crippen LogP contribution < -0.4 is 9.47 Å². The molecule has 0 spiro atoms. The molecule has 4 aromatic carbocycles. The summed E-state index contributed by atoms with van der Waals surface area (Å²) in [5, 5.41) is 0. The molecule has 0 atom stereocenters. The number of ether oxygens (including phenoxy) is 3. The largest absolute Gasteiger partial charge is 0.493 e. The van der Waals surface area contributed by atoms with Crippen molar-refractivity contribution in [1.29, 1.82) is 0 Å². The van der Waals surface area contributed by atoms with Crippen molar-refractivity contribution in [2.75, 3.05) is 46.5 Å². The first-order chi connectivity index (χ1) is 20.2. The van der Waals surface area contributed by atoms with Gasteiger partial charge < -0.3 is 19.1 Å². The van der Waals surface area contributed by atoms with Crippen LogP contribution in [-0.4, -0.2) is 62.2 Å². The highest BCUT2D eigenvalue weighted by Gasteiger charge is 2.19. The molecule has 0 aromatic heterocycles. The molecular weight excluding hydrogens is 512 g/mol. The molecule has 1 aliphatic heterocycles. The van der Waals surface area contributed by atoms with Crippen molar-refractivity contribution in [3.63, 3.8) is 0 Å². The molecule has 0 N–H and O–H groups in total. The van der Waals surface area contributed by atoms with E-state index in [4.69, 9.17) is 14.2 Å². The van der Waals surface area contributed by atoms with E-state index < -0.39 is 0 Å². The molecule has 1 amide bonds. The van der Waals surface area contributed by atoms with Gasteiger partial charge in [-0.15, -0.1) is 0 Å². The minimum atomic E-state index is 0.0231. The Balaban J connectivity index is 1.30. The molecule has 1 heterocycles. The lowest BCUT2D eigenvalue weighted by molar-refractivity contribution is 0.0355. The molecule has 4 aromatic rings. The number of benzene rings is 4. The van der Waals surface area contributed by atoms with E-state index in [1.54, 1.807) is 7.11 Å². The third kappa shape index (κ3) is 7.97. The van der Waals surface area contributed by atoms with Crippen molar-refractivity contribution >= 4 is 5.91 Å². The van der Waals surface area contributed by atoms with Crippen molar-refractivity contribution in [2.24, 2.45) is 0 Å². The first-order valence-corrected chi connectivity index (χ1v) is 14.3. The van der Waals surface area contributed by atoms with Crippen molar-refractivity contribution in [2.45, 2.75) is 19.6 Å². The Morgan fingerprint density at radius 1 is 0.805 bits per heavy atom. The molecule has 5 rings (SSSR count). The van der Waals surface area contributed by atoms with Gasteiger partial charge in [0.15, 0.2) is 11.5 Å². The average Bonchev–Trinajstić information content (AvgIpc) is 3.04. The summed E-state index contributed by atoms with van der Waals surface area (Å²) in [4.78, 5) is 18.1. The SMILES string of the molecule is COc1cc(CN(CCCN2CCOCC2)C(=O)c2ccc(-c3ccccc3)cc2)ccc1OCc1ccccc1. The van der Waals surface area contributed by atoms with Crippen molar-refractivity contribution in [3.8, 4) is 22.6 Å². The maximum absolute atomic E-state index is 13.8. The summed E-state index contributed by atoms with van der Waals surface area (Å²) in [6.45, 7) is 5.97. The van der Waals surface area contributed by atoms with E-state index in [-0.39, 0.29) is 5.91 Å². The Hall–Kier alpha value is -4.13. The van der Waals surface area contributed by atoms with Crippen LogP contribution in [0.15, 0.2) is 103 Å². The van der Waals surface area contributed by atoms with Crippen LogP contribution >= 0.6 is 0 Å². The first-order valence-electron chi connectivity index (χ1n) is 14.3. The molecule has 1 saturated heterocycles. The summed E-state index contributed by atoms with van der Waals surface area (Å²) in [5.74, 6) is 1.36. The second kappa shape index (κ2) is 14.5. The van der Waals surface area contributed by atoms with E-state index in [1.165, 1.54) is 0 Å². The molecule has 0 bridgehead atoms. The molecule has 0 saturated carbocycles. The second-order valence-corrected chi connectivity index (χ2v) is 10.2. The average molecular weight is 551 g/mol. The van der Waals surface area contributed by atoms with Crippen LogP contribution in [0.25, 0.3) is 11.1 Å². The van der Waals surface area contributed by atoms with Crippen LogP contribution in [0.3, 0.4) is 0 Å². The molecular formula is C35H38N2O4. The zero-order valence-corrected chi connectivity index (χ0v) is 23.7. The molecule has 0 aliphatic carbocycles. The van der Waals surface area contributed by atoms with Gasteiger partial charge in [-0.2, -0.15) is 0 Å². The number of hydrogen-bond acceptors (Lipinski definition) is 5. The van der Waals surface area contributed by atoms with Crippen LogP contribution in [-0.2, 0) is 17.9 Å². The lowest BCUT2D eigenvalue weighted by Crippen LogP contribution is -2.39. The molecule has 1 aliphatic rings. The van der Waals surface area contributed by atoms with Gasteiger partial charge in [-0.3, -0.25) is 9.69 Å². The number of amides is 1. The number of nitrogens with zero attached hydrogens (tertiary/aromatic N) is 2. The van der Waals surface area contributed by atoms with E-state index in [2.05, 4.69) is 17.0 Å². The van der Waals surface area contributed by atoms with Gasteiger partial charge in [0, 0.05) is 38.3 Å². The van der Waals surface area contributed by atoms with Crippen molar-refractivity contribution in [3.05, 3.63) is 120 Å². The van der Waals surface area contributed by atoms with E-state index in [9.17, 15) is 4.79 Å². The Labute approximate surface area is 243 Å². The second-order valence-electron chi connectivity index (χ2n) is 10.2. The zero-order chi connectivity index (χ0) is 28.3. The van der Waals surface area contributed by atoms with E-state index in [0.717, 1.165) is 61.5 Å². The summed E-state index contributed by atoms with van der Waals surface area (Å²) in [6.07, 6.45) is 0.892. The number of carbonyl (C=O) groups excluding carboxylic acids is 1. The zero-order valence-electron chi connectivity index (χ0n) is 23.7. The van der Waals surface area contributed by atoms with Crippen LogP contribution in [0.1, 0.15) is 27.9 Å². The maximum Gasteiger partial charge on any atom is 0.254 e. The number of hydrogen-bond donors (Lipinski definition) is 0. The molecule has 6 nitrogen and oxygen atoms in total. The number of rotatable bonds is 12. The highest BCUT2D eigenvalue weighted by molar-refractivity contribution is 5.94. The quantitative estimate of drug-likeness (QED) is 0.207. The highest BCUT2D eigenvalue weighted by atomic mass is 16.5. The molecule has 41 heavy (non-hydrogen) atoms. The Bertz CT molecular complexity index is 1370. The van der Waals surface area contributed by atoms with Gasteiger partial charge in [-0.25, -0.2) is 0 Å². The van der Waals surface area contributed by atoms with Gasteiger partial charge in [-0.1, -0.05) is 78.9 Å². The van der Waals surface area contributed by atoms with E-state index >= 15 is 0 Å². The van der Waals surface area contributed by atoms with E-state index in [0.29, 0.717) is 36.8 Å². The smallest absolute Gasteiger partial charge is 0.254 e. The summed E-state index contributed by atoms with van der Waals surface area (Å²) < 4.78 is 17.2. The predicted molar refractivity (Wildman–Crippen MR) is 162 cm³/mol. The Kier molecular flexibility index (Phi) is 10.0. The van der Waals surface area contributed by atoms with Crippen molar-refractivity contribution in [1.82, 2.24) is 9.80 Å². The van der Waals surface area contributed by atoms with Gasteiger partial charge in [0.2, 0.25) is 0 Å². The van der Waals surface area contributed by atoms with Crippen LogP contribution in [0, 0.1) is 0 Å². The minimum Gasteiger partial charge on any atom is -0.493 e. The molecule has 0 unspecified atom stereocenters. The lowest BCUT2D eigenvalue weighted by atomic mass is 10.0. The van der Waals surface area contributed by atoms with Crippen LogP contribution in [0.4, 0.5) is 0 Å². The monoisotopic (exact) mass is 550 g/mol. The van der Waals surface area contributed by atoms with Gasteiger partial charge in [0.25, 0.3) is 5.91 Å². The number of methoxy groups -OCH3 is 1.